The summed E-state index contributed by atoms with van der Waals surface area (Å²) in [6.07, 6.45) is 0.651. The molecule has 0 aliphatic heterocycles. The van der Waals surface area contributed by atoms with Crippen LogP contribution in [0.2, 0.25) is 5.02 Å². The minimum absolute atomic E-state index is 0.0333. The fraction of sp³-hybridized carbons (Fsp3) is 0.269. The number of hydrogen-bond acceptors (Lipinski definition) is 4. The molecule has 0 spiro atoms. The molecule has 32 heavy (non-hydrogen) atoms. The van der Waals surface area contributed by atoms with Crippen LogP contribution in [0.4, 0.5) is 4.39 Å². The van der Waals surface area contributed by atoms with Crippen molar-refractivity contribution >= 4 is 11.6 Å². The van der Waals surface area contributed by atoms with E-state index in [4.69, 9.17) is 22.1 Å². The molecule has 1 unspecified atom stereocenters. The second-order valence-corrected chi connectivity index (χ2v) is 8.01. The van der Waals surface area contributed by atoms with Gasteiger partial charge in [0.25, 0.3) is 0 Å². The molecule has 0 amide bonds. The van der Waals surface area contributed by atoms with Crippen molar-refractivity contribution in [2.24, 2.45) is 5.73 Å². The fourth-order valence-electron chi connectivity index (χ4n) is 3.73. The molecule has 0 aliphatic carbocycles. The van der Waals surface area contributed by atoms with Crippen LogP contribution in [0.15, 0.2) is 60.7 Å². The van der Waals surface area contributed by atoms with Crippen LogP contribution >= 0.6 is 11.6 Å². The Hall–Kier alpha value is -2.91. The summed E-state index contributed by atoms with van der Waals surface area (Å²) in [6, 6.07) is 20.1. The van der Waals surface area contributed by atoms with E-state index in [-0.39, 0.29) is 29.4 Å². The first-order chi connectivity index (χ1) is 15.5. The Morgan fingerprint density at radius 3 is 2.53 bits per heavy atom. The van der Waals surface area contributed by atoms with Crippen molar-refractivity contribution in [3.63, 3.8) is 0 Å². The molecule has 0 saturated heterocycles. The molecule has 3 N–H and O–H groups in total. The van der Waals surface area contributed by atoms with Crippen LogP contribution in [-0.4, -0.2) is 24.4 Å². The van der Waals surface area contributed by atoms with Gasteiger partial charge in [0.15, 0.2) is 11.6 Å². The maximum atomic E-state index is 15.5. The van der Waals surface area contributed by atoms with Gasteiger partial charge >= 0.3 is 0 Å². The molecular weight excluding hydrogens is 427 g/mol. The first kappa shape index (κ1) is 23.7. The summed E-state index contributed by atoms with van der Waals surface area (Å²) >= 11 is 6.46. The highest BCUT2D eigenvalue weighted by Crippen LogP contribution is 2.38. The van der Waals surface area contributed by atoms with Crippen LogP contribution in [0.3, 0.4) is 0 Å². The van der Waals surface area contributed by atoms with Gasteiger partial charge in [0, 0.05) is 28.6 Å². The van der Waals surface area contributed by atoms with Crippen LogP contribution in [-0.2, 0) is 0 Å². The largest absolute Gasteiger partial charge is 0.488 e. The summed E-state index contributed by atoms with van der Waals surface area (Å²) in [7, 11) is 0. The Morgan fingerprint density at radius 2 is 1.88 bits per heavy atom. The zero-order valence-corrected chi connectivity index (χ0v) is 18.6. The Balaban J connectivity index is 2.06. The molecule has 6 heteroatoms. The van der Waals surface area contributed by atoms with Gasteiger partial charge in [-0.1, -0.05) is 61.3 Å². The van der Waals surface area contributed by atoms with Gasteiger partial charge in [0.1, 0.15) is 6.61 Å². The number of nitriles is 1. The van der Waals surface area contributed by atoms with Crippen LogP contribution in [0.25, 0.3) is 11.1 Å². The molecule has 0 saturated carbocycles. The monoisotopic (exact) mass is 452 g/mol. The number of aliphatic hydroxyl groups excluding tert-OH is 1. The molecule has 0 aromatic heterocycles. The third kappa shape index (κ3) is 5.28. The maximum absolute atomic E-state index is 15.5. The predicted molar refractivity (Wildman–Crippen MR) is 125 cm³/mol. The third-order valence-corrected chi connectivity index (χ3v) is 5.71. The number of nitrogens with zero attached hydrogens (tertiary/aromatic N) is 1. The average Bonchev–Trinajstić information content (AvgIpc) is 2.80. The molecular formula is C26H26ClFN2O2. The van der Waals surface area contributed by atoms with Gasteiger partial charge in [-0.3, -0.25) is 0 Å². The summed E-state index contributed by atoms with van der Waals surface area (Å²) in [6.45, 7) is 2.27. The van der Waals surface area contributed by atoms with Gasteiger partial charge in [0.2, 0.25) is 0 Å². The van der Waals surface area contributed by atoms with Gasteiger partial charge in [-0.2, -0.15) is 5.26 Å². The number of aliphatic hydroxyl groups is 1. The molecule has 0 fully saturated rings. The molecule has 3 rings (SSSR count). The molecule has 0 aliphatic rings. The Kier molecular flexibility index (Phi) is 8.24. The molecule has 4 nitrogen and oxygen atoms in total. The first-order valence-corrected chi connectivity index (χ1v) is 11.0. The number of ether oxygens (including phenoxy) is 1. The molecule has 0 bridgehead atoms. The molecule has 3 aromatic carbocycles. The number of rotatable bonds is 9. The Labute approximate surface area is 193 Å². The molecule has 3 aromatic rings. The SMILES string of the molecule is CCC[C@H](O)COc1ccc(C#N)c(-c2cc(C(CN)c3ccccc3)ccc2Cl)c1F. The highest BCUT2D eigenvalue weighted by molar-refractivity contribution is 6.33. The van der Waals surface area contributed by atoms with Crippen molar-refractivity contribution in [1.29, 1.82) is 5.26 Å². The van der Waals surface area contributed by atoms with Crippen LogP contribution in [0.1, 0.15) is 42.4 Å². The predicted octanol–water partition coefficient (Wildman–Crippen LogP) is 5.65. The Morgan fingerprint density at radius 1 is 1.12 bits per heavy atom. The third-order valence-electron chi connectivity index (χ3n) is 5.38. The molecule has 0 heterocycles. The van der Waals surface area contributed by atoms with Gasteiger partial charge in [-0.25, -0.2) is 4.39 Å². The summed E-state index contributed by atoms with van der Waals surface area (Å²) in [5.41, 5.74) is 8.58. The number of hydrogen-bond donors (Lipinski definition) is 2. The van der Waals surface area contributed by atoms with E-state index in [2.05, 4.69) is 0 Å². The number of benzene rings is 3. The first-order valence-electron chi connectivity index (χ1n) is 10.6. The van der Waals surface area contributed by atoms with Gasteiger partial charge in [0.05, 0.1) is 17.7 Å². The summed E-state index contributed by atoms with van der Waals surface area (Å²) < 4.78 is 21.0. The zero-order valence-electron chi connectivity index (χ0n) is 17.9. The summed E-state index contributed by atoms with van der Waals surface area (Å²) in [4.78, 5) is 0. The van der Waals surface area contributed by atoms with E-state index in [1.165, 1.54) is 12.1 Å². The van der Waals surface area contributed by atoms with Crippen LogP contribution in [0, 0.1) is 17.1 Å². The lowest BCUT2D eigenvalue weighted by Crippen LogP contribution is -2.17. The average molecular weight is 453 g/mol. The van der Waals surface area contributed by atoms with Gasteiger partial charge in [-0.15, -0.1) is 0 Å². The van der Waals surface area contributed by atoms with E-state index in [0.717, 1.165) is 17.5 Å². The molecule has 0 radical (unpaired) electrons. The van der Waals surface area contributed by atoms with Crippen molar-refractivity contribution in [2.75, 3.05) is 13.2 Å². The normalized spacial score (nSPS) is 12.8. The van der Waals surface area contributed by atoms with E-state index >= 15 is 4.39 Å². The molecule has 2 atom stereocenters. The van der Waals surface area contributed by atoms with E-state index in [1.54, 1.807) is 12.1 Å². The smallest absolute Gasteiger partial charge is 0.174 e. The molecule has 166 valence electrons. The Bertz CT molecular complexity index is 1100. The van der Waals surface area contributed by atoms with Crippen molar-refractivity contribution in [3.8, 4) is 22.9 Å². The van der Waals surface area contributed by atoms with Crippen molar-refractivity contribution in [2.45, 2.75) is 31.8 Å². The van der Waals surface area contributed by atoms with Crippen LogP contribution < -0.4 is 10.5 Å². The minimum atomic E-state index is -0.693. The second-order valence-electron chi connectivity index (χ2n) is 7.60. The maximum Gasteiger partial charge on any atom is 0.174 e. The summed E-state index contributed by atoms with van der Waals surface area (Å²) in [5.74, 6) is -0.825. The number of halogens is 2. The van der Waals surface area contributed by atoms with E-state index in [9.17, 15) is 10.4 Å². The van der Waals surface area contributed by atoms with Crippen molar-refractivity contribution < 1.29 is 14.2 Å². The van der Waals surface area contributed by atoms with Crippen LogP contribution in [0.5, 0.6) is 5.75 Å². The lowest BCUT2D eigenvalue weighted by molar-refractivity contribution is 0.0973. The van der Waals surface area contributed by atoms with Gasteiger partial charge < -0.3 is 15.6 Å². The highest BCUT2D eigenvalue weighted by Gasteiger charge is 2.21. The quantitative estimate of drug-likeness (QED) is 0.439. The topological polar surface area (TPSA) is 79.3 Å². The highest BCUT2D eigenvalue weighted by atomic mass is 35.5. The number of nitrogens with two attached hydrogens (primary N) is 1. The second kappa shape index (κ2) is 11.1. The lowest BCUT2D eigenvalue weighted by atomic mass is 9.88. The van der Waals surface area contributed by atoms with E-state index in [1.807, 2.05) is 49.4 Å². The standard InChI is InChI=1S/C26H26ClFN2O2/c1-2-6-20(31)16-32-24-12-10-19(14-29)25(26(24)28)21-13-18(9-11-23(21)27)22(15-30)17-7-4-3-5-8-17/h3-5,7-13,20,22,31H,2,6,15-16,30H2,1H3/t20-,22?/m0/s1. The fourth-order valence-corrected chi connectivity index (χ4v) is 3.94. The zero-order chi connectivity index (χ0) is 23.1. The minimum Gasteiger partial charge on any atom is -0.488 e. The van der Waals surface area contributed by atoms with Crippen molar-refractivity contribution in [1.82, 2.24) is 0 Å². The van der Waals surface area contributed by atoms with Gasteiger partial charge in [-0.05, 0) is 41.8 Å². The van der Waals surface area contributed by atoms with E-state index in [0.29, 0.717) is 23.6 Å². The lowest BCUT2D eigenvalue weighted by Gasteiger charge is -2.19. The van der Waals surface area contributed by atoms with E-state index < -0.39 is 11.9 Å². The van der Waals surface area contributed by atoms with Crippen molar-refractivity contribution in [3.05, 3.63) is 88.2 Å². The summed E-state index contributed by atoms with van der Waals surface area (Å²) in [5, 5.41) is 19.9.